The molecular weight excluding hydrogens is 342 g/mol. The lowest BCUT2D eigenvalue weighted by molar-refractivity contribution is 0.0699. The number of pyridine rings is 1. The number of nitrogens with zero attached hydrogens (tertiary/aromatic N) is 6. The van der Waals surface area contributed by atoms with Crippen LogP contribution in [-0.4, -0.2) is 62.6 Å². The minimum Gasteiger partial charge on any atom is -0.337 e. The van der Waals surface area contributed by atoms with Gasteiger partial charge < -0.3 is 14.4 Å². The first kappa shape index (κ1) is 18.4. The van der Waals surface area contributed by atoms with Gasteiger partial charge in [0.2, 0.25) is 0 Å². The van der Waals surface area contributed by atoms with E-state index in [9.17, 15) is 13.6 Å². The second kappa shape index (κ2) is 7.45. The third kappa shape index (κ3) is 3.72. The maximum absolute atomic E-state index is 13.8. The van der Waals surface area contributed by atoms with E-state index in [0.29, 0.717) is 38.5 Å². The Kier molecular flexibility index (Phi) is 5.26. The molecule has 0 unspecified atom stereocenters. The van der Waals surface area contributed by atoms with Crippen molar-refractivity contribution in [2.75, 3.05) is 27.2 Å². The maximum atomic E-state index is 13.8. The van der Waals surface area contributed by atoms with Gasteiger partial charge in [-0.15, -0.1) is 10.2 Å². The summed E-state index contributed by atoms with van der Waals surface area (Å²) in [5.74, 6) is -0.251. The molecule has 0 bridgehead atoms. The second-order valence-electron chi connectivity index (χ2n) is 6.82. The van der Waals surface area contributed by atoms with E-state index >= 15 is 0 Å². The summed E-state index contributed by atoms with van der Waals surface area (Å²) in [7, 11) is 5.89. The van der Waals surface area contributed by atoms with Crippen molar-refractivity contribution in [3.63, 3.8) is 0 Å². The van der Waals surface area contributed by atoms with Gasteiger partial charge in [-0.25, -0.2) is 13.8 Å². The van der Waals surface area contributed by atoms with Crippen molar-refractivity contribution in [2.24, 2.45) is 7.05 Å². The van der Waals surface area contributed by atoms with E-state index in [0.717, 1.165) is 17.8 Å². The van der Waals surface area contributed by atoms with Crippen LogP contribution in [0.1, 0.15) is 40.9 Å². The van der Waals surface area contributed by atoms with E-state index in [2.05, 4.69) is 15.2 Å². The molecule has 0 spiro atoms. The number of likely N-dealkylation sites (tertiary alicyclic amines) is 1. The van der Waals surface area contributed by atoms with Gasteiger partial charge in [0.25, 0.3) is 5.91 Å². The van der Waals surface area contributed by atoms with Crippen LogP contribution in [0.25, 0.3) is 0 Å². The Bertz CT molecular complexity index is 799. The standard InChI is InChI=1S/C17H22F2N6O/c1-23(2)10-14-21-22-16(24(14)3)11-4-6-25(7-5-11)17(26)15-13(19)8-12(18)9-20-15/h8-9,11H,4-7,10H2,1-3H3. The molecule has 1 amide bonds. The molecule has 0 N–H and O–H groups in total. The van der Waals surface area contributed by atoms with Crippen LogP contribution < -0.4 is 0 Å². The molecule has 9 heteroatoms. The summed E-state index contributed by atoms with van der Waals surface area (Å²) in [6.45, 7) is 1.64. The molecule has 1 aliphatic heterocycles. The summed E-state index contributed by atoms with van der Waals surface area (Å²) in [5.41, 5.74) is -0.336. The van der Waals surface area contributed by atoms with Gasteiger partial charge in [0, 0.05) is 32.1 Å². The zero-order valence-electron chi connectivity index (χ0n) is 15.1. The lowest BCUT2D eigenvalue weighted by atomic mass is 9.95. The first-order chi connectivity index (χ1) is 12.4. The first-order valence-electron chi connectivity index (χ1n) is 8.50. The monoisotopic (exact) mass is 364 g/mol. The van der Waals surface area contributed by atoms with E-state index in [1.165, 1.54) is 0 Å². The fraction of sp³-hybridized carbons (Fsp3) is 0.529. The molecule has 3 heterocycles. The fourth-order valence-corrected chi connectivity index (χ4v) is 3.21. The number of hydrogen-bond acceptors (Lipinski definition) is 5. The topological polar surface area (TPSA) is 67.2 Å². The van der Waals surface area contributed by atoms with Gasteiger partial charge in [-0.3, -0.25) is 4.79 Å². The number of carbonyl (C=O) groups is 1. The zero-order valence-corrected chi connectivity index (χ0v) is 15.1. The predicted molar refractivity (Wildman–Crippen MR) is 90.4 cm³/mol. The highest BCUT2D eigenvalue weighted by molar-refractivity contribution is 5.92. The Balaban J connectivity index is 1.66. The predicted octanol–water partition coefficient (Wildman–Crippen LogP) is 1.57. The molecular formula is C17H22F2N6O. The van der Waals surface area contributed by atoms with Crippen LogP contribution in [-0.2, 0) is 13.6 Å². The minimum atomic E-state index is -0.932. The quantitative estimate of drug-likeness (QED) is 0.824. The van der Waals surface area contributed by atoms with Crippen molar-refractivity contribution in [3.05, 3.63) is 41.2 Å². The molecule has 26 heavy (non-hydrogen) atoms. The fourth-order valence-electron chi connectivity index (χ4n) is 3.21. The lowest BCUT2D eigenvalue weighted by Gasteiger charge is -2.31. The van der Waals surface area contributed by atoms with E-state index in [1.54, 1.807) is 4.90 Å². The molecule has 140 valence electrons. The van der Waals surface area contributed by atoms with Gasteiger partial charge in [-0.2, -0.15) is 0 Å². The molecule has 2 aromatic heterocycles. The van der Waals surface area contributed by atoms with Crippen LogP contribution in [0.4, 0.5) is 8.78 Å². The highest BCUT2D eigenvalue weighted by Crippen LogP contribution is 2.27. The highest BCUT2D eigenvalue weighted by Gasteiger charge is 2.29. The van der Waals surface area contributed by atoms with Crippen LogP contribution in [0.2, 0.25) is 0 Å². The molecule has 1 aliphatic rings. The van der Waals surface area contributed by atoms with Crippen molar-refractivity contribution in [3.8, 4) is 0 Å². The van der Waals surface area contributed by atoms with Gasteiger partial charge in [0.1, 0.15) is 17.5 Å². The molecule has 3 rings (SSSR count). The number of hydrogen-bond donors (Lipinski definition) is 0. The number of piperidine rings is 1. The van der Waals surface area contributed by atoms with Gasteiger partial charge in [0.05, 0.1) is 12.7 Å². The number of rotatable bonds is 4. The van der Waals surface area contributed by atoms with E-state index in [1.807, 2.05) is 30.6 Å². The van der Waals surface area contributed by atoms with Crippen LogP contribution in [0.3, 0.4) is 0 Å². The Labute approximate surface area is 150 Å². The van der Waals surface area contributed by atoms with Crippen LogP contribution in [0.5, 0.6) is 0 Å². The summed E-state index contributed by atoms with van der Waals surface area (Å²) in [6.07, 6.45) is 2.28. The Hall–Kier alpha value is -2.42. The Morgan fingerprint density at radius 1 is 1.27 bits per heavy atom. The summed E-state index contributed by atoms with van der Waals surface area (Å²) < 4.78 is 28.8. The Morgan fingerprint density at radius 2 is 1.96 bits per heavy atom. The van der Waals surface area contributed by atoms with Crippen molar-refractivity contribution in [1.82, 2.24) is 29.5 Å². The molecule has 0 saturated carbocycles. The molecule has 0 aromatic carbocycles. The smallest absolute Gasteiger partial charge is 0.275 e. The van der Waals surface area contributed by atoms with E-state index < -0.39 is 17.5 Å². The summed E-state index contributed by atoms with van der Waals surface area (Å²) in [5, 5.41) is 8.56. The lowest BCUT2D eigenvalue weighted by Crippen LogP contribution is -2.39. The first-order valence-corrected chi connectivity index (χ1v) is 8.50. The number of aromatic nitrogens is 4. The third-order valence-electron chi connectivity index (χ3n) is 4.61. The molecule has 0 radical (unpaired) electrons. The van der Waals surface area contributed by atoms with Gasteiger partial charge in [-0.05, 0) is 26.9 Å². The van der Waals surface area contributed by atoms with Crippen molar-refractivity contribution >= 4 is 5.91 Å². The van der Waals surface area contributed by atoms with Crippen molar-refractivity contribution in [2.45, 2.75) is 25.3 Å². The summed E-state index contributed by atoms with van der Waals surface area (Å²) in [6, 6.07) is 0.679. The van der Waals surface area contributed by atoms with E-state index in [-0.39, 0.29) is 11.6 Å². The van der Waals surface area contributed by atoms with Crippen LogP contribution >= 0.6 is 0 Å². The summed E-state index contributed by atoms with van der Waals surface area (Å²) in [4.78, 5) is 19.6. The maximum Gasteiger partial charge on any atom is 0.275 e. The van der Waals surface area contributed by atoms with E-state index in [4.69, 9.17) is 0 Å². The molecule has 2 aromatic rings. The highest BCUT2D eigenvalue weighted by atomic mass is 19.1. The number of halogens is 2. The second-order valence-corrected chi connectivity index (χ2v) is 6.82. The average molecular weight is 364 g/mol. The van der Waals surface area contributed by atoms with Gasteiger partial charge >= 0.3 is 0 Å². The van der Waals surface area contributed by atoms with Gasteiger partial charge in [-0.1, -0.05) is 0 Å². The van der Waals surface area contributed by atoms with Crippen LogP contribution in [0, 0.1) is 11.6 Å². The largest absolute Gasteiger partial charge is 0.337 e. The molecule has 1 saturated heterocycles. The summed E-state index contributed by atoms with van der Waals surface area (Å²) >= 11 is 0. The van der Waals surface area contributed by atoms with Crippen LogP contribution in [0.15, 0.2) is 12.3 Å². The SMILES string of the molecule is CN(C)Cc1nnc(C2CCN(C(=O)c3ncc(F)cc3F)CC2)n1C. The molecule has 7 nitrogen and oxygen atoms in total. The normalized spacial score (nSPS) is 15.7. The van der Waals surface area contributed by atoms with Gasteiger partial charge in [0.15, 0.2) is 11.5 Å². The zero-order chi connectivity index (χ0) is 18.8. The third-order valence-corrected chi connectivity index (χ3v) is 4.61. The minimum absolute atomic E-state index is 0.193. The molecule has 1 fully saturated rings. The number of amides is 1. The molecule has 0 atom stereocenters. The average Bonchev–Trinajstić information content (AvgIpc) is 2.94. The van der Waals surface area contributed by atoms with Crippen molar-refractivity contribution in [1.29, 1.82) is 0 Å². The number of carbonyl (C=O) groups excluding carboxylic acids is 1. The molecule has 0 aliphatic carbocycles. The Morgan fingerprint density at radius 3 is 2.58 bits per heavy atom. The van der Waals surface area contributed by atoms with Crippen molar-refractivity contribution < 1.29 is 13.6 Å².